The summed E-state index contributed by atoms with van der Waals surface area (Å²) < 4.78 is 23.0. The van der Waals surface area contributed by atoms with Crippen LogP contribution in [0.25, 0.3) is 0 Å². The highest BCUT2D eigenvalue weighted by atomic mass is 35.5. The van der Waals surface area contributed by atoms with Crippen LogP contribution in [0.5, 0.6) is 0 Å². The quantitative estimate of drug-likeness (QED) is 0.839. The molecule has 1 saturated heterocycles. The van der Waals surface area contributed by atoms with Gasteiger partial charge in [0.1, 0.15) is 0 Å². The van der Waals surface area contributed by atoms with Gasteiger partial charge < -0.3 is 5.73 Å². The van der Waals surface area contributed by atoms with Crippen molar-refractivity contribution in [2.24, 2.45) is 0 Å². The molecule has 18 heavy (non-hydrogen) atoms. The Bertz CT molecular complexity index is 545. The van der Waals surface area contributed by atoms with E-state index >= 15 is 0 Å². The standard InChI is InChI=1S/C12H17ClN2O2S/c1-9-8-18(16,17)5-4-15(9)7-10-2-3-11(14)6-12(10)13/h2-3,6,9H,4-5,7-8,14H2,1H3. The Morgan fingerprint density at radius 2 is 2.22 bits per heavy atom. The third-order valence-corrected chi connectivity index (χ3v) is 5.41. The lowest BCUT2D eigenvalue weighted by atomic mass is 10.1. The molecule has 0 saturated carbocycles. The van der Waals surface area contributed by atoms with Gasteiger partial charge in [0.15, 0.2) is 9.84 Å². The van der Waals surface area contributed by atoms with Crippen molar-refractivity contribution in [3.05, 3.63) is 28.8 Å². The average Bonchev–Trinajstić information content (AvgIpc) is 2.24. The van der Waals surface area contributed by atoms with Crippen LogP contribution in [0, 0.1) is 0 Å². The molecule has 2 rings (SSSR count). The van der Waals surface area contributed by atoms with Crippen LogP contribution in [0.15, 0.2) is 18.2 Å². The van der Waals surface area contributed by atoms with Gasteiger partial charge in [-0.15, -0.1) is 0 Å². The summed E-state index contributed by atoms with van der Waals surface area (Å²) in [4.78, 5) is 2.14. The van der Waals surface area contributed by atoms with Gasteiger partial charge in [0.25, 0.3) is 0 Å². The van der Waals surface area contributed by atoms with Gasteiger partial charge >= 0.3 is 0 Å². The minimum Gasteiger partial charge on any atom is -0.399 e. The first-order valence-electron chi connectivity index (χ1n) is 5.86. The van der Waals surface area contributed by atoms with Crippen LogP contribution >= 0.6 is 11.6 Å². The van der Waals surface area contributed by atoms with Crippen molar-refractivity contribution in [2.75, 3.05) is 23.8 Å². The van der Waals surface area contributed by atoms with E-state index in [1.807, 2.05) is 19.1 Å². The third-order valence-electron chi connectivity index (χ3n) is 3.26. The summed E-state index contributed by atoms with van der Waals surface area (Å²) in [5.41, 5.74) is 7.27. The Morgan fingerprint density at radius 3 is 2.83 bits per heavy atom. The molecule has 1 aliphatic heterocycles. The summed E-state index contributed by atoms with van der Waals surface area (Å²) in [5.74, 6) is 0.448. The summed E-state index contributed by atoms with van der Waals surface area (Å²) in [6.07, 6.45) is 0. The van der Waals surface area contributed by atoms with E-state index in [-0.39, 0.29) is 17.5 Å². The monoisotopic (exact) mass is 288 g/mol. The van der Waals surface area contributed by atoms with E-state index in [1.54, 1.807) is 6.07 Å². The number of benzene rings is 1. The van der Waals surface area contributed by atoms with Gasteiger partial charge in [-0.25, -0.2) is 8.42 Å². The van der Waals surface area contributed by atoms with E-state index in [2.05, 4.69) is 4.90 Å². The number of nitrogens with zero attached hydrogens (tertiary/aromatic N) is 1. The van der Waals surface area contributed by atoms with Crippen LogP contribution in [0.4, 0.5) is 5.69 Å². The van der Waals surface area contributed by atoms with Crippen LogP contribution in [0.3, 0.4) is 0 Å². The molecule has 1 aromatic rings. The zero-order valence-corrected chi connectivity index (χ0v) is 11.8. The summed E-state index contributed by atoms with van der Waals surface area (Å²) in [7, 11) is -2.87. The van der Waals surface area contributed by atoms with Crippen molar-refractivity contribution in [1.29, 1.82) is 0 Å². The van der Waals surface area contributed by atoms with E-state index in [9.17, 15) is 8.42 Å². The molecule has 1 heterocycles. The van der Waals surface area contributed by atoms with Crippen molar-refractivity contribution in [3.8, 4) is 0 Å². The normalized spacial score (nSPS) is 24.0. The fourth-order valence-electron chi connectivity index (χ4n) is 2.18. The van der Waals surface area contributed by atoms with Gasteiger partial charge in [-0.05, 0) is 24.6 Å². The van der Waals surface area contributed by atoms with Crippen LogP contribution in [-0.2, 0) is 16.4 Å². The second kappa shape index (κ2) is 5.07. The molecule has 1 aliphatic rings. The van der Waals surface area contributed by atoms with Crippen molar-refractivity contribution < 1.29 is 8.42 Å². The smallest absolute Gasteiger partial charge is 0.153 e. The van der Waals surface area contributed by atoms with E-state index in [0.717, 1.165) is 5.56 Å². The van der Waals surface area contributed by atoms with Crippen LogP contribution < -0.4 is 5.73 Å². The summed E-state index contributed by atoms with van der Waals surface area (Å²) in [6, 6.07) is 5.46. The highest BCUT2D eigenvalue weighted by Crippen LogP contribution is 2.23. The number of rotatable bonds is 2. The molecule has 0 spiro atoms. The summed E-state index contributed by atoms with van der Waals surface area (Å²) >= 11 is 6.13. The zero-order chi connectivity index (χ0) is 13.3. The lowest BCUT2D eigenvalue weighted by molar-refractivity contribution is 0.218. The molecular weight excluding hydrogens is 272 g/mol. The van der Waals surface area contributed by atoms with E-state index in [1.165, 1.54) is 0 Å². The molecule has 1 fully saturated rings. The molecular formula is C12H17ClN2O2S. The van der Waals surface area contributed by atoms with Crippen molar-refractivity contribution in [2.45, 2.75) is 19.5 Å². The fraction of sp³-hybridized carbons (Fsp3) is 0.500. The third kappa shape index (κ3) is 3.16. The van der Waals surface area contributed by atoms with Gasteiger partial charge in [-0.2, -0.15) is 0 Å². The average molecular weight is 289 g/mol. The van der Waals surface area contributed by atoms with Gasteiger partial charge in [0.05, 0.1) is 11.5 Å². The predicted octanol–water partition coefficient (Wildman–Crippen LogP) is 1.54. The first-order valence-corrected chi connectivity index (χ1v) is 8.06. The van der Waals surface area contributed by atoms with Crippen LogP contribution in [-0.4, -0.2) is 37.4 Å². The summed E-state index contributed by atoms with van der Waals surface area (Å²) in [5, 5.41) is 0.635. The Balaban J connectivity index is 2.10. The molecule has 6 heteroatoms. The van der Waals surface area contributed by atoms with Crippen molar-refractivity contribution >= 4 is 27.1 Å². The molecule has 0 bridgehead atoms. The predicted molar refractivity (Wildman–Crippen MR) is 74.4 cm³/mol. The molecule has 0 aliphatic carbocycles. The Kier molecular flexibility index (Phi) is 3.84. The molecule has 1 atom stereocenters. The minimum atomic E-state index is -2.87. The number of nitrogens with two attached hydrogens (primary N) is 1. The molecule has 4 nitrogen and oxygen atoms in total. The van der Waals surface area contributed by atoms with E-state index in [0.29, 0.717) is 23.8 Å². The van der Waals surface area contributed by atoms with Crippen LogP contribution in [0.1, 0.15) is 12.5 Å². The number of anilines is 1. The second-order valence-electron chi connectivity index (χ2n) is 4.78. The molecule has 0 aromatic heterocycles. The highest BCUT2D eigenvalue weighted by Gasteiger charge is 2.28. The fourth-order valence-corrected chi connectivity index (χ4v) is 4.05. The maximum Gasteiger partial charge on any atom is 0.153 e. The zero-order valence-electron chi connectivity index (χ0n) is 10.3. The maximum absolute atomic E-state index is 11.5. The Morgan fingerprint density at radius 1 is 1.50 bits per heavy atom. The van der Waals surface area contributed by atoms with E-state index < -0.39 is 9.84 Å². The largest absolute Gasteiger partial charge is 0.399 e. The maximum atomic E-state index is 11.5. The number of halogens is 1. The van der Waals surface area contributed by atoms with Gasteiger partial charge in [0, 0.05) is 29.8 Å². The Labute approximate surface area is 113 Å². The molecule has 0 amide bonds. The molecule has 0 radical (unpaired) electrons. The number of sulfone groups is 1. The molecule has 100 valence electrons. The van der Waals surface area contributed by atoms with Gasteiger partial charge in [-0.3, -0.25) is 4.90 Å². The number of nitrogen functional groups attached to an aromatic ring is 1. The topological polar surface area (TPSA) is 63.4 Å². The van der Waals surface area contributed by atoms with Gasteiger partial charge in [0.2, 0.25) is 0 Å². The minimum absolute atomic E-state index is 0.0253. The SMILES string of the molecule is CC1CS(=O)(=O)CCN1Cc1ccc(N)cc1Cl. The molecule has 2 N–H and O–H groups in total. The first-order chi connectivity index (χ1) is 8.37. The second-order valence-corrected chi connectivity index (χ2v) is 7.42. The highest BCUT2D eigenvalue weighted by molar-refractivity contribution is 7.91. The van der Waals surface area contributed by atoms with Crippen molar-refractivity contribution in [3.63, 3.8) is 0 Å². The Hall–Kier alpha value is -0.780. The lowest BCUT2D eigenvalue weighted by Gasteiger charge is -2.33. The van der Waals surface area contributed by atoms with Gasteiger partial charge in [-0.1, -0.05) is 17.7 Å². The van der Waals surface area contributed by atoms with E-state index in [4.69, 9.17) is 17.3 Å². The van der Waals surface area contributed by atoms with Crippen molar-refractivity contribution in [1.82, 2.24) is 4.90 Å². The molecule has 1 aromatic carbocycles. The lowest BCUT2D eigenvalue weighted by Crippen LogP contribution is -2.46. The van der Waals surface area contributed by atoms with Crippen LogP contribution in [0.2, 0.25) is 5.02 Å². The number of hydrogen-bond acceptors (Lipinski definition) is 4. The molecule has 1 unspecified atom stereocenters. The summed E-state index contributed by atoms with van der Waals surface area (Å²) in [6.45, 7) is 3.15. The first kappa shape index (κ1) is 13.6. The number of hydrogen-bond donors (Lipinski definition) is 1.